The molecule has 1 unspecified atom stereocenters. The molecule has 0 aliphatic carbocycles. The van der Waals surface area contributed by atoms with Gasteiger partial charge in [-0.2, -0.15) is 5.26 Å². The fraction of sp³-hybridized carbons (Fsp3) is 0.143. The Hall–Kier alpha value is -3.63. The van der Waals surface area contributed by atoms with Crippen molar-refractivity contribution in [1.29, 1.82) is 5.26 Å². The van der Waals surface area contributed by atoms with Gasteiger partial charge < -0.3 is 9.30 Å². The molecule has 1 aromatic heterocycles. The first kappa shape index (κ1) is 27.4. The van der Waals surface area contributed by atoms with Crippen LogP contribution in [0.15, 0.2) is 71.6 Å². The third-order valence-corrected chi connectivity index (χ3v) is 9.97. The fourth-order valence-electron chi connectivity index (χ4n) is 4.35. The monoisotopic (exact) mass is 566 g/mol. The van der Waals surface area contributed by atoms with Crippen LogP contribution < -0.4 is 10.6 Å². The number of aromatic nitrogens is 1. The highest BCUT2D eigenvalue weighted by molar-refractivity contribution is 7.90. The number of ether oxygens (including phenoxy) is 1. The lowest BCUT2D eigenvalue weighted by atomic mass is 10.1. The van der Waals surface area contributed by atoms with Gasteiger partial charge in [0, 0.05) is 21.8 Å². The number of benzene rings is 3. The summed E-state index contributed by atoms with van der Waals surface area (Å²) in [4.78, 5) is 13.4. The number of carbonyl (C=O) groups is 1. The summed E-state index contributed by atoms with van der Waals surface area (Å²) in [5.74, 6) is -0.914. The standard InChI is InChI=1S/C28H24ClN2O5PS/c1-4-36-28(32)26-27(37(33)25-16-18(2)15-20(19(25)3)9-8-14-30)23-17-21(29)12-13-24(23)31(26)38(34,35)22-10-6-5-7-11-22/h5-13,15-17,37H,4H2,1-3H3. The number of hydrogen-bond acceptors (Lipinski definition) is 6. The molecular weight excluding hydrogens is 543 g/mol. The molecule has 0 N–H and O–H groups in total. The maximum Gasteiger partial charge on any atom is 0.356 e. The number of allylic oxidation sites excluding steroid dienone is 1. The average molecular weight is 567 g/mol. The molecule has 0 radical (unpaired) electrons. The fourth-order valence-corrected chi connectivity index (χ4v) is 8.13. The summed E-state index contributed by atoms with van der Waals surface area (Å²) in [5.41, 5.74) is 1.96. The number of esters is 1. The van der Waals surface area contributed by atoms with Crippen LogP contribution in [0, 0.1) is 25.2 Å². The molecule has 0 aliphatic heterocycles. The van der Waals surface area contributed by atoms with Gasteiger partial charge in [-0.25, -0.2) is 17.2 Å². The predicted molar refractivity (Wildman–Crippen MR) is 151 cm³/mol. The van der Waals surface area contributed by atoms with Crippen LogP contribution in [0.1, 0.15) is 34.1 Å². The van der Waals surface area contributed by atoms with E-state index < -0.39 is 23.8 Å². The van der Waals surface area contributed by atoms with Crippen LogP contribution in [0.25, 0.3) is 17.0 Å². The third-order valence-electron chi connectivity index (χ3n) is 6.04. The van der Waals surface area contributed by atoms with Crippen LogP contribution in [0.4, 0.5) is 0 Å². The van der Waals surface area contributed by atoms with E-state index in [0.29, 0.717) is 16.4 Å². The minimum Gasteiger partial charge on any atom is -0.461 e. The van der Waals surface area contributed by atoms with Gasteiger partial charge in [-0.1, -0.05) is 35.9 Å². The SMILES string of the molecule is CCOC(=O)c1c([PH](=O)c2cc(C)cc(C=CC#N)c2C)c2cc(Cl)ccc2n1S(=O)(=O)c1ccccc1. The maximum atomic E-state index is 14.4. The molecule has 38 heavy (non-hydrogen) atoms. The molecule has 7 nitrogen and oxygen atoms in total. The molecule has 4 aromatic rings. The lowest BCUT2D eigenvalue weighted by Crippen LogP contribution is -2.25. The zero-order valence-corrected chi connectivity index (χ0v) is 23.4. The van der Waals surface area contributed by atoms with Gasteiger partial charge in [-0.15, -0.1) is 0 Å². The summed E-state index contributed by atoms with van der Waals surface area (Å²) in [6, 6.07) is 17.8. The van der Waals surface area contributed by atoms with E-state index in [1.165, 1.54) is 36.4 Å². The molecule has 0 bridgehead atoms. The number of hydrogen-bond donors (Lipinski definition) is 0. The molecule has 1 atom stereocenters. The third kappa shape index (κ3) is 4.93. The number of halogens is 1. The first-order valence-electron chi connectivity index (χ1n) is 11.7. The summed E-state index contributed by atoms with van der Waals surface area (Å²) in [6.07, 6.45) is 2.94. The van der Waals surface area contributed by atoms with Crippen molar-refractivity contribution < 1.29 is 22.5 Å². The molecule has 3 aromatic carbocycles. The van der Waals surface area contributed by atoms with Crippen molar-refractivity contribution in [3.05, 3.63) is 94.1 Å². The van der Waals surface area contributed by atoms with E-state index >= 15 is 0 Å². The molecule has 0 amide bonds. The number of nitrogens with zero attached hydrogens (tertiary/aromatic N) is 2. The quantitative estimate of drug-likeness (QED) is 0.169. The second-order valence-electron chi connectivity index (χ2n) is 8.51. The van der Waals surface area contributed by atoms with Gasteiger partial charge in [0.15, 0.2) is 5.69 Å². The van der Waals surface area contributed by atoms with Crippen LogP contribution in [-0.4, -0.2) is 25.0 Å². The van der Waals surface area contributed by atoms with E-state index in [1.54, 1.807) is 44.2 Å². The van der Waals surface area contributed by atoms with Crippen LogP contribution >= 0.6 is 19.4 Å². The Labute approximate surface area is 226 Å². The van der Waals surface area contributed by atoms with E-state index in [-0.39, 0.29) is 38.4 Å². The van der Waals surface area contributed by atoms with Gasteiger partial charge in [-0.3, -0.25) is 0 Å². The zero-order chi connectivity index (χ0) is 27.6. The van der Waals surface area contributed by atoms with Crippen molar-refractivity contribution in [2.24, 2.45) is 0 Å². The van der Waals surface area contributed by atoms with Crippen LogP contribution in [0.5, 0.6) is 0 Å². The Kier molecular flexibility index (Phi) is 7.94. The molecule has 0 saturated carbocycles. The molecule has 0 aliphatic rings. The van der Waals surface area contributed by atoms with Crippen molar-refractivity contribution in [3.63, 3.8) is 0 Å². The minimum atomic E-state index is -4.30. The Morgan fingerprint density at radius 2 is 1.84 bits per heavy atom. The second kappa shape index (κ2) is 11.0. The Bertz CT molecular complexity index is 1770. The predicted octanol–water partition coefficient (Wildman–Crippen LogP) is 5.37. The average Bonchev–Trinajstić information content (AvgIpc) is 3.24. The second-order valence-corrected chi connectivity index (χ2v) is 12.4. The molecule has 0 fully saturated rings. The lowest BCUT2D eigenvalue weighted by Gasteiger charge is -2.14. The molecule has 0 spiro atoms. The summed E-state index contributed by atoms with van der Waals surface area (Å²) in [5, 5.41) is 10.0. The van der Waals surface area contributed by atoms with Gasteiger partial charge >= 0.3 is 5.97 Å². The Morgan fingerprint density at radius 1 is 1.13 bits per heavy atom. The van der Waals surface area contributed by atoms with Gasteiger partial charge in [0.25, 0.3) is 10.0 Å². The Balaban J connectivity index is 2.14. The minimum absolute atomic E-state index is 0.0144. The number of fused-ring (bicyclic) bond motifs is 1. The zero-order valence-electron chi connectivity index (χ0n) is 20.9. The van der Waals surface area contributed by atoms with Gasteiger partial charge in [0.2, 0.25) is 0 Å². The number of rotatable bonds is 7. The highest BCUT2D eigenvalue weighted by Crippen LogP contribution is 2.36. The van der Waals surface area contributed by atoms with Gasteiger partial charge in [-0.05, 0) is 79.9 Å². The molecule has 0 saturated heterocycles. The number of nitriles is 1. The van der Waals surface area contributed by atoms with Crippen LogP contribution in [-0.2, 0) is 19.3 Å². The summed E-state index contributed by atoms with van der Waals surface area (Å²) < 4.78 is 48.5. The summed E-state index contributed by atoms with van der Waals surface area (Å²) in [6.45, 7) is 5.19. The highest BCUT2D eigenvalue weighted by atomic mass is 35.5. The molecule has 1 heterocycles. The summed E-state index contributed by atoms with van der Waals surface area (Å²) in [7, 11) is -7.31. The first-order chi connectivity index (χ1) is 18.1. The molecule has 194 valence electrons. The van der Waals surface area contributed by atoms with Crippen molar-refractivity contribution in [2.45, 2.75) is 25.7 Å². The van der Waals surface area contributed by atoms with E-state index in [1.807, 2.05) is 19.1 Å². The van der Waals surface area contributed by atoms with E-state index in [2.05, 4.69) is 0 Å². The first-order valence-corrected chi connectivity index (χ1v) is 14.9. The van der Waals surface area contributed by atoms with Crippen LogP contribution in [0.2, 0.25) is 5.02 Å². The van der Waals surface area contributed by atoms with Crippen molar-refractivity contribution >= 4 is 63.0 Å². The van der Waals surface area contributed by atoms with Crippen molar-refractivity contribution in [2.75, 3.05) is 6.61 Å². The molecule has 4 rings (SSSR count). The number of aryl methyl sites for hydroxylation is 1. The maximum absolute atomic E-state index is 14.4. The highest BCUT2D eigenvalue weighted by Gasteiger charge is 2.34. The molecule has 10 heteroatoms. The van der Waals surface area contributed by atoms with Gasteiger partial charge in [0.1, 0.15) is 7.80 Å². The smallest absolute Gasteiger partial charge is 0.356 e. The van der Waals surface area contributed by atoms with Crippen molar-refractivity contribution in [1.82, 2.24) is 3.97 Å². The van der Waals surface area contributed by atoms with E-state index in [4.69, 9.17) is 21.6 Å². The normalized spacial score (nSPS) is 12.5. The topological polar surface area (TPSA) is 106 Å². The molecular formula is C28H24ClN2O5PS. The Morgan fingerprint density at radius 3 is 2.50 bits per heavy atom. The van der Waals surface area contributed by atoms with Crippen LogP contribution in [0.3, 0.4) is 0 Å². The van der Waals surface area contributed by atoms with E-state index in [0.717, 1.165) is 9.54 Å². The summed E-state index contributed by atoms with van der Waals surface area (Å²) >= 11 is 6.31. The van der Waals surface area contributed by atoms with E-state index in [9.17, 15) is 17.8 Å². The lowest BCUT2D eigenvalue weighted by molar-refractivity contribution is 0.0520. The van der Waals surface area contributed by atoms with Gasteiger partial charge in [0.05, 0.1) is 28.4 Å². The van der Waals surface area contributed by atoms with Crippen molar-refractivity contribution in [3.8, 4) is 6.07 Å². The number of carbonyl (C=O) groups excluding carboxylic acids is 1. The largest absolute Gasteiger partial charge is 0.461 e.